The van der Waals surface area contributed by atoms with E-state index in [4.69, 9.17) is 9.94 Å². The molecule has 2 amide bonds. The Morgan fingerprint density at radius 3 is 2.77 bits per heavy atom. The minimum absolute atomic E-state index is 0.218. The SMILES string of the molecule is CCNC(=O)Oc1cccc(-c2cncc(C(=O)NO)c2)c1. The van der Waals surface area contributed by atoms with E-state index < -0.39 is 12.0 Å². The van der Waals surface area contributed by atoms with Crippen LogP contribution in [0.3, 0.4) is 0 Å². The van der Waals surface area contributed by atoms with Crippen molar-refractivity contribution in [2.24, 2.45) is 0 Å². The van der Waals surface area contributed by atoms with Crippen LogP contribution >= 0.6 is 0 Å². The van der Waals surface area contributed by atoms with Gasteiger partial charge in [0.05, 0.1) is 5.56 Å². The molecule has 0 aliphatic heterocycles. The first kappa shape index (κ1) is 15.5. The first-order valence-electron chi connectivity index (χ1n) is 6.59. The smallest absolute Gasteiger partial charge is 0.410 e. The Labute approximate surface area is 126 Å². The molecular weight excluding hydrogens is 286 g/mol. The van der Waals surface area contributed by atoms with Gasteiger partial charge in [-0.25, -0.2) is 10.3 Å². The molecule has 1 heterocycles. The van der Waals surface area contributed by atoms with Crippen LogP contribution in [0.2, 0.25) is 0 Å². The van der Waals surface area contributed by atoms with Crippen molar-refractivity contribution >= 4 is 12.0 Å². The van der Waals surface area contributed by atoms with Gasteiger partial charge in [0.25, 0.3) is 5.91 Å². The van der Waals surface area contributed by atoms with Gasteiger partial charge in [-0.05, 0) is 30.7 Å². The standard InChI is InChI=1S/C15H15N3O4/c1-2-17-15(20)22-13-5-3-4-10(7-13)11-6-12(9-16-8-11)14(19)18-21/h3-9,21H,2H2,1H3,(H,17,20)(H,18,19). The molecule has 2 rings (SSSR count). The van der Waals surface area contributed by atoms with Gasteiger partial charge in [0.15, 0.2) is 0 Å². The van der Waals surface area contributed by atoms with Crippen LogP contribution in [-0.4, -0.2) is 28.7 Å². The summed E-state index contributed by atoms with van der Waals surface area (Å²) in [6, 6.07) is 8.40. The van der Waals surface area contributed by atoms with Crippen LogP contribution in [0.4, 0.5) is 4.79 Å². The minimum atomic E-state index is -0.649. The Morgan fingerprint density at radius 2 is 2.05 bits per heavy atom. The average molecular weight is 301 g/mol. The van der Waals surface area contributed by atoms with Gasteiger partial charge in [0.1, 0.15) is 5.75 Å². The Bertz CT molecular complexity index is 688. The van der Waals surface area contributed by atoms with E-state index in [1.807, 2.05) is 0 Å². The molecule has 0 radical (unpaired) electrons. The summed E-state index contributed by atoms with van der Waals surface area (Å²) >= 11 is 0. The van der Waals surface area contributed by atoms with Crippen molar-refractivity contribution in [3.63, 3.8) is 0 Å². The zero-order valence-corrected chi connectivity index (χ0v) is 11.9. The summed E-state index contributed by atoms with van der Waals surface area (Å²) in [5, 5.41) is 11.2. The zero-order chi connectivity index (χ0) is 15.9. The summed E-state index contributed by atoms with van der Waals surface area (Å²) in [4.78, 5) is 26.8. The van der Waals surface area contributed by atoms with Crippen LogP contribution in [-0.2, 0) is 0 Å². The number of hydrogen-bond acceptors (Lipinski definition) is 5. The molecule has 7 heteroatoms. The highest BCUT2D eigenvalue weighted by Crippen LogP contribution is 2.24. The lowest BCUT2D eigenvalue weighted by atomic mass is 10.1. The number of rotatable bonds is 4. The predicted molar refractivity (Wildman–Crippen MR) is 78.6 cm³/mol. The maximum atomic E-state index is 11.4. The fraction of sp³-hybridized carbons (Fsp3) is 0.133. The first-order valence-corrected chi connectivity index (χ1v) is 6.59. The molecule has 0 saturated heterocycles. The number of pyridine rings is 1. The van der Waals surface area contributed by atoms with Gasteiger partial charge in [-0.3, -0.25) is 15.0 Å². The monoisotopic (exact) mass is 301 g/mol. The highest BCUT2D eigenvalue weighted by atomic mass is 16.6. The van der Waals surface area contributed by atoms with Crippen LogP contribution in [0.1, 0.15) is 17.3 Å². The Hall–Kier alpha value is -2.93. The lowest BCUT2D eigenvalue weighted by molar-refractivity contribution is 0.0706. The number of benzene rings is 1. The second kappa shape index (κ2) is 7.19. The van der Waals surface area contributed by atoms with Gasteiger partial charge in [0.2, 0.25) is 0 Å². The zero-order valence-electron chi connectivity index (χ0n) is 11.9. The molecule has 0 aliphatic rings. The number of aromatic nitrogens is 1. The Balaban J connectivity index is 2.26. The van der Waals surface area contributed by atoms with Crippen molar-refractivity contribution in [3.05, 3.63) is 48.3 Å². The van der Waals surface area contributed by atoms with Crippen LogP contribution < -0.4 is 15.5 Å². The van der Waals surface area contributed by atoms with Gasteiger partial charge in [-0.15, -0.1) is 0 Å². The molecule has 7 nitrogen and oxygen atoms in total. The third kappa shape index (κ3) is 3.80. The topological polar surface area (TPSA) is 101 Å². The molecule has 1 aromatic heterocycles. The fourth-order valence-corrected chi connectivity index (χ4v) is 1.81. The highest BCUT2D eigenvalue weighted by molar-refractivity contribution is 5.94. The molecule has 0 bridgehead atoms. The van der Waals surface area contributed by atoms with E-state index in [9.17, 15) is 9.59 Å². The summed E-state index contributed by atoms with van der Waals surface area (Å²) in [6.07, 6.45) is 2.37. The number of carbonyl (C=O) groups is 2. The largest absolute Gasteiger partial charge is 0.412 e. The molecule has 114 valence electrons. The molecule has 3 N–H and O–H groups in total. The van der Waals surface area contributed by atoms with Crippen molar-refractivity contribution < 1.29 is 19.5 Å². The normalized spacial score (nSPS) is 9.91. The Kier molecular flexibility index (Phi) is 5.05. The summed E-state index contributed by atoms with van der Waals surface area (Å²) in [7, 11) is 0. The van der Waals surface area contributed by atoms with Crippen molar-refractivity contribution in [2.75, 3.05) is 6.54 Å². The van der Waals surface area contributed by atoms with Crippen molar-refractivity contribution in [1.29, 1.82) is 0 Å². The molecule has 22 heavy (non-hydrogen) atoms. The van der Waals surface area contributed by atoms with Crippen LogP contribution in [0.5, 0.6) is 5.75 Å². The number of nitrogens with one attached hydrogen (secondary N) is 2. The molecule has 0 aliphatic carbocycles. The number of carbonyl (C=O) groups excluding carboxylic acids is 2. The van der Waals surface area contributed by atoms with E-state index in [-0.39, 0.29) is 5.56 Å². The van der Waals surface area contributed by atoms with E-state index in [0.29, 0.717) is 17.9 Å². The Morgan fingerprint density at radius 1 is 1.23 bits per heavy atom. The quantitative estimate of drug-likeness (QED) is 0.592. The maximum Gasteiger partial charge on any atom is 0.412 e. The molecule has 0 atom stereocenters. The number of amides is 2. The maximum absolute atomic E-state index is 11.4. The molecule has 0 unspecified atom stereocenters. The highest BCUT2D eigenvalue weighted by Gasteiger charge is 2.08. The molecule has 0 fully saturated rings. The summed E-state index contributed by atoms with van der Waals surface area (Å²) in [5.74, 6) is -0.274. The van der Waals surface area contributed by atoms with Crippen molar-refractivity contribution in [3.8, 4) is 16.9 Å². The number of hydroxylamine groups is 1. The molecule has 1 aromatic carbocycles. The second-order valence-electron chi connectivity index (χ2n) is 4.35. The van der Waals surface area contributed by atoms with Crippen molar-refractivity contribution in [1.82, 2.24) is 15.8 Å². The van der Waals surface area contributed by atoms with Gasteiger partial charge >= 0.3 is 6.09 Å². The third-order valence-corrected chi connectivity index (χ3v) is 2.80. The van der Waals surface area contributed by atoms with Crippen LogP contribution in [0, 0.1) is 0 Å². The minimum Gasteiger partial charge on any atom is -0.410 e. The second-order valence-corrected chi connectivity index (χ2v) is 4.35. The lowest BCUT2D eigenvalue weighted by Crippen LogP contribution is -2.26. The van der Waals surface area contributed by atoms with Crippen LogP contribution in [0.15, 0.2) is 42.7 Å². The lowest BCUT2D eigenvalue weighted by Gasteiger charge is -2.07. The fourth-order valence-electron chi connectivity index (χ4n) is 1.81. The van der Waals surface area contributed by atoms with Gasteiger partial charge < -0.3 is 10.1 Å². The van der Waals surface area contributed by atoms with E-state index in [1.54, 1.807) is 48.9 Å². The summed E-state index contributed by atoms with van der Waals surface area (Å²) in [5.41, 5.74) is 3.15. The summed E-state index contributed by atoms with van der Waals surface area (Å²) < 4.78 is 5.13. The van der Waals surface area contributed by atoms with Gasteiger partial charge in [-0.2, -0.15) is 0 Å². The van der Waals surface area contributed by atoms with E-state index >= 15 is 0 Å². The molecule has 2 aromatic rings. The predicted octanol–water partition coefficient (Wildman–Crippen LogP) is 1.98. The third-order valence-electron chi connectivity index (χ3n) is 2.80. The van der Waals surface area contributed by atoms with E-state index in [2.05, 4.69) is 10.3 Å². The van der Waals surface area contributed by atoms with Gasteiger partial charge in [-0.1, -0.05) is 12.1 Å². The number of ether oxygens (including phenoxy) is 1. The van der Waals surface area contributed by atoms with Crippen molar-refractivity contribution in [2.45, 2.75) is 6.92 Å². The van der Waals surface area contributed by atoms with E-state index in [1.165, 1.54) is 6.20 Å². The number of nitrogens with zero attached hydrogens (tertiary/aromatic N) is 1. The summed E-state index contributed by atoms with van der Waals surface area (Å²) in [6.45, 7) is 2.27. The van der Waals surface area contributed by atoms with Crippen LogP contribution in [0.25, 0.3) is 11.1 Å². The molecule has 0 saturated carbocycles. The van der Waals surface area contributed by atoms with E-state index in [0.717, 1.165) is 5.56 Å². The first-order chi connectivity index (χ1) is 10.6. The van der Waals surface area contributed by atoms with Gasteiger partial charge in [0, 0.05) is 24.5 Å². The molecule has 0 spiro atoms. The average Bonchev–Trinajstić information content (AvgIpc) is 2.54. The number of hydrogen-bond donors (Lipinski definition) is 3. The molecular formula is C15H15N3O4.